The summed E-state index contributed by atoms with van der Waals surface area (Å²) in [4.78, 5) is 21.4. The highest BCUT2D eigenvalue weighted by Gasteiger charge is 2.25. The summed E-state index contributed by atoms with van der Waals surface area (Å²) in [5.74, 6) is 1.61. The maximum atomic E-state index is 12.6. The van der Waals surface area contributed by atoms with Gasteiger partial charge in [0, 0.05) is 43.9 Å². The van der Waals surface area contributed by atoms with E-state index in [1.54, 1.807) is 11.2 Å². The first-order valence-corrected chi connectivity index (χ1v) is 12.0. The van der Waals surface area contributed by atoms with Gasteiger partial charge in [0.25, 0.3) is 0 Å². The lowest BCUT2D eigenvalue weighted by molar-refractivity contribution is 0.0941. The number of aromatic nitrogens is 3. The molecular weight excluding hydrogens is 454 g/mol. The van der Waals surface area contributed by atoms with E-state index in [1.165, 1.54) is 0 Å². The largest absolute Gasteiger partial charge is 0.463 e. The number of nitrogens with zero attached hydrogens (tertiary/aromatic N) is 5. The number of carbonyl (C=O) groups excluding carboxylic acids is 1. The first-order chi connectivity index (χ1) is 17.7. The molecule has 1 saturated heterocycles. The Morgan fingerprint density at radius 3 is 2.33 bits per heavy atom. The van der Waals surface area contributed by atoms with E-state index in [1.807, 2.05) is 89.4 Å². The molecule has 0 bridgehead atoms. The number of benzene rings is 2. The van der Waals surface area contributed by atoms with E-state index in [-0.39, 0.29) is 12.7 Å². The molecule has 0 aliphatic carbocycles. The number of furan rings is 1. The predicted octanol–water partition coefficient (Wildman–Crippen LogP) is 5.12. The summed E-state index contributed by atoms with van der Waals surface area (Å²) in [5, 5.41) is 4.87. The van der Waals surface area contributed by atoms with Crippen LogP contribution in [0.3, 0.4) is 0 Å². The number of amides is 1. The molecule has 8 nitrogen and oxygen atoms in total. The van der Waals surface area contributed by atoms with Crippen LogP contribution in [0.5, 0.6) is 0 Å². The average Bonchev–Trinajstić information content (AvgIpc) is 3.63. The molecule has 0 unspecified atom stereocenters. The van der Waals surface area contributed by atoms with Gasteiger partial charge in [-0.25, -0.2) is 9.78 Å². The summed E-state index contributed by atoms with van der Waals surface area (Å²) in [5.41, 5.74) is 4.33. The molecule has 0 radical (unpaired) electrons. The molecule has 5 aromatic rings. The normalized spacial score (nSPS) is 13.8. The lowest BCUT2D eigenvalue weighted by Gasteiger charge is -2.35. The van der Waals surface area contributed by atoms with Crippen molar-refractivity contribution in [3.8, 4) is 22.7 Å². The molecule has 8 heteroatoms. The lowest BCUT2D eigenvalue weighted by atomic mass is 10.2. The topological polar surface area (TPSA) is 76.1 Å². The Bertz CT molecular complexity index is 1460. The Hall–Kier alpha value is -4.59. The van der Waals surface area contributed by atoms with Crippen LogP contribution in [-0.4, -0.2) is 51.8 Å². The maximum Gasteiger partial charge on any atom is 0.410 e. The molecule has 6 rings (SSSR count). The third kappa shape index (κ3) is 4.40. The summed E-state index contributed by atoms with van der Waals surface area (Å²) in [6, 6.07) is 27.5. The zero-order chi connectivity index (χ0) is 24.3. The van der Waals surface area contributed by atoms with Gasteiger partial charge < -0.3 is 19.0 Å². The fourth-order valence-electron chi connectivity index (χ4n) is 4.41. The summed E-state index contributed by atoms with van der Waals surface area (Å²) in [6.07, 6.45) is 1.35. The molecule has 0 atom stereocenters. The first-order valence-electron chi connectivity index (χ1n) is 12.0. The summed E-state index contributed by atoms with van der Waals surface area (Å²) in [7, 11) is 0. The number of carbonyl (C=O) groups is 1. The number of ether oxygens (including phenoxy) is 1. The molecular formula is C28H25N5O3. The van der Waals surface area contributed by atoms with Crippen molar-refractivity contribution >= 4 is 17.6 Å². The van der Waals surface area contributed by atoms with E-state index in [4.69, 9.17) is 19.2 Å². The Morgan fingerprint density at radius 2 is 1.61 bits per heavy atom. The number of rotatable bonds is 5. The Labute approximate surface area is 208 Å². The van der Waals surface area contributed by atoms with Crippen LogP contribution in [0, 0.1) is 0 Å². The zero-order valence-corrected chi connectivity index (χ0v) is 19.7. The van der Waals surface area contributed by atoms with Crippen molar-refractivity contribution in [2.75, 3.05) is 31.1 Å². The van der Waals surface area contributed by atoms with Crippen LogP contribution >= 0.6 is 0 Å². The van der Waals surface area contributed by atoms with E-state index in [9.17, 15) is 4.79 Å². The minimum atomic E-state index is -0.292. The van der Waals surface area contributed by atoms with E-state index >= 15 is 0 Å². The second-order valence-corrected chi connectivity index (χ2v) is 8.66. The van der Waals surface area contributed by atoms with Crippen LogP contribution in [0.25, 0.3) is 28.4 Å². The summed E-state index contributed by atoms with van der Waals surface area (Å²) >= 11 is 0. The van der Waals surface area contributed by atoms with E-state index < -0.39 is 0 Å². The molecule has 1 aliphatic rings. The van der Waals surface area contributed by atoms with Crippen molar-refractivity contribution in [1.82, 2.24) is 19.5 Å². The maximum absolute atomic E-state index is 12.6. The van der Waals surface area contributed by atoms with Gasteiger partial charge in [0.05, 0.1) is 12.0 Å². The van der Waals surface area contributed by atoms with Crippen LogP contribution < -0.4 is 4.90 Å². The van der Waals surface area contributed by atoms with Gasteiger partial charge in [-0.3, -0.25) is 0 Å². The zero-order valence-electron chi connectivity index (χ0n) is 19.7. The third-order valence-corrected chi connectivity index (χ3v) is 6.32. The standard InChI is InChI=1S/C28H25N5O3/c34-28(36-20-21-8-3-1-4-9-21)32-15-13-31(14-16-32)27-19-24(25-12-7-17-35-25)29-26-18-23(30-33(26)27)22-10-5-2-6-11-22/h1-12,17-19H,13-16,20H2. The lowest BCUT2D eigenvalue weighted by Crippen LogP contribution is -2.49. The Morgan fingerprint density at radius 1 is 0.861 bits per heavy atom. The van der Waals surface area contributed by atoms with Gasteiger partial charge in [-0.05, 0) is 17.7 Å². The molecule has 2 aromatic carbocycles. The fraction of sp³-hybridized carbons (Fsp3) is 0.179. The number of hydrogen-bond acceptors (Lipinski definition) is 6. The van der Waals surface area contributed by atoms with E-state index in [2.05, 4.69) is 4.90 Å². The van der Waals surface area contributed by atoms with Gasteiger partial charge in [0.2, 0.25) is 0 Å². The minimum absolute atomic E-state index is 0.271. The highest BCUT2D eigenvalue weighted by molar-refractivity contribution is 5.70. The molecule has 0 saturated carbocycles. The van der Waals surface area contributed by atoms with Crippen LogP contribution in [0.1, 0.15) is 5.56 Å². The highest BCUT2D eigenvalue weighted by Crippen LogP contribution is 2.28. The quantitative estimate of drug-likeness (QED) is 0.349. The second kappa shape index (κ2) is 9.58. The van der Waals surface area contributed by atoms with E-state index in [0.29, 0.717) is 31.9 Å². The van der Waals surface area contributed by atoms with Gasteiger partial charge in [0.1, 0.15) is 18.1 Å². The molecule has 1 amide bonds. The molecule has 0 N–H and O–H groups in total. The van der Waals surface area contributed by atoms with Crippen LogP contribution in [0.2, 0.25) is 0 Å². The average molecular weight is 480 g/mol. The predicted molar refractivity (Wildman–Crippen MR) is 137 cm³/mol. The van der Waals surface area contributed by atoms with Gasteiger partial charge in [-0.1, -0.05) is 60.7 Å². The SMILES string of the molecule is O=C(OCc1ccccc1)N1CCN(c2cc(-c3ccco3)nc3cc(-c4ccccc4)nn23)CC1. The van der Waals surface area contributed by atoms with Crippen LogP contribution in [-0.2, 0) is 11.3 Å². The number of anilines is 1. The number of hydrogen-bond donors (Lipinski definition) is 0. The molecule has 36 heavy (non-hydrogen) atoms. The third-order valence-electron chi connectivity index (χ3n) is 6.32. The fourth-order valence-corrected chi connectivity index (χ4v) is 4.41. The smallest absolute Gasteiger partial charge is 0.410 e. The van der Waals surface area contributed by atoms with Crippen molar-refractivity contribution in [3.05, 3.63) is 96.8 Å². The molecule has 0 spiro atoms. The first kappa shape index (κ1) is 21.9. The van der Waals surface area contributed by atoms with Crippen LogP contribution in [0.4, 0.5) is 10.6 Å². The van der Waals surface area contributed by atoms with Gasteiger partial charge >= 0.3 is 6.09 Å². The molecule has 3 aromatic heterocycles. The minimum Gasteiger partial charge on any atom is -0.463 e. The Balaban J connectivity index is 1.24. The van der Waals surface area contributed by atoms with Crippen molar-refractivity contribution in [2.45, 2.75) is 6.61 Å². The highest BCUT2D eigenvalue weighted by atomic mass is 16.6. The van der Waals surface area contributed by atoms with Crippen LogP contribution in [0.15, 0.2) is 95.6 Å². The van der Waals surface area contributed by atoms with Crippen molar-refractivity contribution < 1.29 is 13.9 Å². The Kier molecular flexibility index (Phi) is 5.83. The molecule has 4 heterocycles. The van der Waals surface area contributed by atoms with Crippen molar-refractivity contribution in [1.29, 1.82) is 0 Å². The summed E-state index contributed by atoms with van der Waals surface area (Å²) in [6.45, 7) is 2.68. The van der Waals surface area contributed by atoms with Gasteiger partial charge in [0.15, 0.2) is 11.4 Å². The van der Waals surface area contributed by atoms with E-state index in [0.717, 1.165) is 34.0 Å². The number of fused-ring (bicyclic) bond motifs is 1. The van der Waals surface area contributed by atoms with Crippen molar-refractivity contribution in [2.24, 2.45) is 0 Å². The second-order valence-electron chi connectivity index (χ2n) is 8.66. The van der Waals surface area contributed by atoms with Gasteiger partial charge in [-0.2, -0.15) is 9.61 Å². The van der Waals surface area contributed by atoms with Crippen molar-refractivity contribution in [3.63, 3.8) is 0 Å². The number of piperazine rings is 1. The summed E-state index contributed by atoms with van der Waals surface area (Å²) < 4.78 is 13.0. The molecule has 1 fully saturated rings. The van der Waals surface area contributed by atoms with Gasteiger partial charge in [-0.15, -0.1) is 0 Å². The molecule has 180 valence electrons. The monoisotopic (exact) mass is 479 g/mol. The molecule has 1 aliphatic heterocycles.